The number of para-hydroxylation sites is 1. The highest BCUT2D eigenvalue weighted by molar-refractivity contribution is 9.10. The fourth-order valence-corrected chi connectivity index (χ4v) is 6.64. The maximum absolute atomic E-state index is 14.1. The second-order valence-corrected chi connectivity index (χ2v) is 11.7. The minimum atomic E-state index is -0.849. The number of allylic oxidation sites excluding steroid dienone is 1. The van der Waals surface area contributed by atoms with Gasteiger partial charge in [-0.05, 0) is 72.6 Å². The summed E-state index contributed by atoms with van der Waals surface area (Å²) in [6.07, 6.45) is 1.78. The SMILES string of the molecule is CCOC(=O)C1=C(C)N=c2s/c(=C/c3ccc(OCc4ccccc4C#N)c(Br)c3)c(=O)n2[C@@H]1c1cccc(OC)c1OCC. The quantitative estimate of drug-likeness (QED) is 0.205. The summed E-state index contributed by atoms with van der Waals surface area (Å²) in [5.41, 5.74) is 3.09. The van der Waals surface area contributed by atoms with E-state index in [2.05, 4.69) is 27.0 Å². The van der Waals surface area contributed by atoms with Crippen LogP contribution in [-0.4, -0.2) is 30.9 Å². The molecule has 0 amide bonds. The summed E-state index contributed by atoms with van der Waals surface area (Å²) in [4.78, 5) is 32.5. The van der Waals surface area contributed by atoms with E-state index in [0.29, 0.717) is 54.5 Å². The molecule has 0 aliphatic carbocycles. The summed E-state index contributed by atoms with van der Waals surface area (Å²) >= 11 is 4.81. The molecule has 3 aromatic carbocycles. The summed E-state index contributed by atoms with van der Waals surface area (Å²) in [5, 5.41) is 9.36. The van der Waals surface area contributed by atoms with Crippen LogP contribution in [-0.2, 0) is 16.1 Å². The van der Waals surface area contributed by atoms with E-state index in [9.17, 15) is 14.9 Å². The lowest BCUT2D eigenvalue weighted by molar-refractivity contribution is -0.139. The van der Waals surface area contributed by atoms with E-state index in [1.807, 2.05) is 43.3 Å². The Hall–Kier alpha value is -4.66. The van der Waals surface area contributed by atoms with E-state index in [1.54, 1.807) is 51.3 Å². The normalized spacial score (nSPS) is 14.3. The van der Waals surface area contributed by atoms with Crippen molar-refractivity contribution in [2.75, 3.05) is 20.3 Å². The lowest BCUT2D eigenvalue weighted by Crippen LogP contribution is -2.40. The van der Waals surface area contributed by atoms with Crippen molar-refractivity contribution in [3.8, 4) is 23.3 Å². The molecular formula is C34H30BrN3O6S. The molecule has 0 fully saturated rings. The Morgan fingerprint density at radius 3 is 2.60 bits per heavy atom. The van der Waals surface area contributed by atoms with Gasteiger partial charge in [-0.3, -0.25) is 9.36 Å². The van der Waals surface area contributed by atoms with E-state index in [4.69, 9.17) is 18.9 Å². The zero-order valence-corrected chi connectivity index (χ0v) is 27.5. The van der Waals surface area contributed by atoms with Crippen LogP contribution in [0.25, 0.3) is 6.08 Å². The van der Waals surface area contributed by atoms with Crippen molar-refractivity contribution in [2.24, 2.45) is 4.99 Å². The lowest BCUT2D eigenvalue weighted by atomic mass is 9.94. The summed E-state index contributed by atoms with van der Waals surface area (Å²) < 4.78 is 25.6. The number of ether oxygens (including phenoxy) is 4. The average Bonchev–Trinajstić information content (AvgIpc) is 3.34. The van der Waals surface area contributed by atoms with Crippen molar-refractivity contribution in [3.05, 3.63) is 118 Å². The first-order valence-corrected chi connectivity index (χ1v) is 15.8. The largest absolute Gasteiger partial charge is 0.493 e. The van der Waals surface area contributed by atoms with Crippen LogP contribution < -0.4 is 29.1 Å². The first-order chi connectivity index (χ1) is 21.8. The molecule has 0 saturated heterocycles. The first-order valence-electron chi connectivity index (χ1n) is 14.2. The molecular weight excluding hydrogens is 658 g/mol. The molecule has 230 valence electrons. The number of fused-ring (bicyclic) bond motifs is 1. The zero-order valence-electron chi connectivity index (χ0n) is 25.1. The monoisotopic (exact) mass is 687 g/mol. The molecule has 0 bridgehead atoms. The van der Waals surface area contributed by atoms with Crippen molar-refractivity contribution in [1.82, 2.24) is 4.57 Å². The van der Waals surface area contributed by atoms with Gasteiger partial charge in [0.25, 0.3) is 5.56 Å². The Bertz CT molecular complexity index is 2020. The number of hydrogen-bond acceptors (Lipinski definition) is 9. The minimum absolute atomic E-state index is 0.169. The third-order valence-electron chi connectivity index (χ3n) is 7.10. The maximum atomic E-state index is 14.1. The number of carbonyl (C=O) groups is 1. The van der Waals surface area contributed by atoms with Crippen LogP contribution in [0.5, 0.6) is 17.2 Å². The summed E-state index contributed by atoms with van der Waals surface area (Å²) in [7, 11) is 1.54. The molecule has 45 heavy (non-hydrogen) atoms. The number of halogens is 1. The van der Waals surface area contributed by atoms with Crippen LogP contribution in [0.4, 0.5) is 0 Å². The van der Waals surface area contributed by atoms with Crippen molar-refractivity contribution >= 4 is 39.3 Å². The van der Waals surface area contributed by atoms with Crippen LogP contribution in [0.3, 0.4) is 0 Å². The number of nitrogens with zero attached hydrogens (tertiary/aromatic N) is 3. The van der Waals surface area contributed by atoms with Crippen molar-refractivity contribution in [2.45, 2.75) is 33.4 Å². The molecule has 9 nitrogen and oxygen atoms in total. The molecule has 4 aromatic rings. The smallest absolute Gasteiger partial charge is 0.338 e. The predicted molar refractivity (Wildman–Crippen MR) is 174 cm³/mol. The van der Waals surface area contributed by atoms with Gasteiger partial charge < -0.3 is 18.9 Å². The molecule has 1 aromatic heterocycles. The topological polar surface area (TPSA) is 112 Å². The number of nitriles is 1. The van der Waals surface area contributed by atoms with Gasteiger partial charge in [-0.1, -0.05) is 47.7 Å². The standard InChI is InChI=1S/C34H30BrN3O6S/c1-5-42-31-24(12-9-13-27(31)41-4)30-29(33(40)43-6-2)20(3)37-34-38(30)32(39)28(45-34)17-21-14-15-26(25(35)16-21)44-19-23-11-8-7-10-22(23)18-36/h7-17,30H,5-6,19H2,1-4H3/b28-17+/t30-/m1/s1. The van der Waals surface area contributed by atoms with Gasteiger partial charge in [0, 0.05) is 11.1 Å². The Labute approximate surface area is 272 Å². The Morgan fingerprint density at radius 2 is 1.89 bits per heavy atom. The van der Waals surface area contributed by atoms with Crippen LogP contribution in [0.1, 0.15) is 49.1 Å². The van der Waals surface area contributed by atoms with E-state index in [0.717, 1.165) is 11.1 Å². The molecule has 0 saturated carbocycles. The van der Waals surface area contributed by atoms with Crippen LogP contribution in [0.15, 0.2) is 86.2 Å². The van der Waals surface area contributed by atoms with E-state index < -0.39 is 12.0 Å². The predicted octanol–water partition coefficient (Wildman–Crippen LogP) is 5.42. The van der Waals surface area contributed by atoms with Gasteiger partial charge in [0.1, 0.15) is 18.4 Å². The van der Waals surface area contributed by atoms with E-state index >= 15 is 0 Å². The van der Waals surface area contributed by atoms with Crippen LogP contribution in [0.2, 0.25) is 0 Å². The molecule has 11 heteroatoms. The Balaban J connectivity index is 1.58. The third kappa shape index (κ3) is 6.43. The summed E-state index contributed by atoms with van der Waals surface area (Å²) in [5.74, 6) is 0.964. The molecule has 1 atom stereocenters. The van der Waals surface area contributed by atoms with Gasteiger partial charge in [0.2, 0.25) is 0 Å². The highest BCUT2D eigenvalue weighted by Crippen LogP contribution is 2.40. The second-order valence-electron chi connectivity index (χ2n) is 9.86. The number of esters is 1. The number of benzene rings is 3. The fraction of sp³-hybridized carbons (Fsp3) is 0.235. The fourth-order valence-electron chi connectivity index (χ4n) is 5.08. The third-order valence-corrected chi connectivity index (χ3v) is 8.71. The zero-order chi connectivity index (χ0) is 32.1. The van der Waals surface area contributed by atoms with Gasteiger partial charge in [-0.25, -0.2) is 9.79 Å². The number of carbonyl (C=O) groups excluding carboxylic acids is 1. The molecule has 0 radical (unpaired) electrons. The van der Waals surface area contributed by atoms with Crippen LogP contribution >= 0.6 is 27.3 Å². The van der Waals surface area contributed by atoms with E-state index in [-0.39, 0.29) is 24.3 Å². The number of hydrogen-bond donors (Lipinski definition) is 0. The highest BCUT2D eigenvalue weighted by Gasteiger charge is 2.36. The molecule has 1 aliphatic heterocycles. The van der Waals surface area contributed by atoms with Crippen molar-refractivity contribution < 1.29 is 23.7 Å². The summed E-state index contributed by atoms with van der Waals surface area (Å²) in [6.45, 7) is 6.08. The number of aromatic nitrogens is 1. The Kier molecular flexibility index (Phi) is 9.86. The number of methoxy groups -OCH3 is 1. The average molecular weight is 689 g/mol. The van der Waals surface area contributed by atoms with E-state index in [1.165, 1.54) is 15.9 Å². The van der Waals surface area contributed by atoms with Crippen molar-refractivity contribution in [3.63, 3.8) is 0 Å². The number of rotatable bonds is 10. The number of thiazole rings is 1. The molecule has 0 spiro atoms. The molecule has 0 N–H and O–H groups in total. The molecule has 1 aliphatic rings. The van der Waals surface area contributed by atoms with Gasteiger partial charge >= 0.3 is 5.97 Å². The maximum Gasteiger partial charge on any atom is 0.338 e. The van der Waals surface area contributed by atoms with Crippen LogP contribution in [0, 0.1) is 11.3 Å². The molecule has 5 rings (SSSR count). The van der Waals surface area contributed by atoms with Crippen molar-refractivity contribution in [1.29, 1.82) is 5.26 Å². The second kappa shape index (κ2) is 14.0. The summed E-state index contributed by atoms with van der Waals surface area (Å²) in [6, 6.07) is 19.5. The molecule has 2 heterocycles. The van der Waals surface area contributed by atoms with Gasteiger partial charge in [0.15, 0.2) is 16.3 Å². The minimum Gasteiger partial charge on any atom is -0.493 e. The lowest BCUT2D eigenvalue weighted by Gasteiger charge is -2.26. The Morgan fingerprint density at radius 1 is 1.09 bits per heavy atom. The van der Waals surface area contributed by atoms with Gasteiger partial charge in [-0.15, -0.1) is 0 Å². The van der Waals surface area contributed by atoms with Gasteiger partial charge in [0.05, 0.1) is 52.2 Å². The van der Waals surface area contributed by atoms with Gasteiger partial charge in [-0.2, -0.15) is 5.26 Å². The highest BCUT2D eigenvalue weighted by atomic mass is 79.9. The first kappa shape index (κ1) is 31.8. The molecule has 0 unspecified atom stereocenters.